The number of nitrogens with zero attached hydrogens (tertiary/aromatic N) is 2. The molecular weight excluding hydrogens is 407 g/mol. The number of halogens is 1. The van der Waals surface area contributed by atoms with Crippen molar-refractivity contribution in [2.45, 2.75) is 64.3 Å². The molecule has 1 saturated carbocycles. The first-order valence-corrected chi connectivity index (χ1v) is 8.98. The highest BCUT2D eigenvalue weighted by atomic mass is 127. The van der Waals surface area contributed by atoms with E-state index < -0.39 is 0 Å². The third-order valence-electron chi connectivity index (χ3n) is 3.91. The minimum atomic E-state index is 0. The Kier molecular flexibility index (Phi) is 9.31. The summed E-state index contributed by atoms with van der Waals surface area (Å²) < 4.78 is 0. The molecule has 6 heteroatoms. The average molecular weight is 436 g/mol. The van der Waals surface area contributed by atoms with Gasteiger partial charge in [-0.1, -0.05) is 33.1 Å². The van der Waals surface area contributed by atoms with Crippen LogP contribution in [0.15, 0.2) is 10.4 Å². The molecule has 0 saturated heterocycles. The Hall–Kier alpha value is -0.370. The second kappa shape index (κ2) is 10.4. The summed E-state index contributed by atoms with van der Waals surface area (Å²) in [6.45, 7) is 5.27. The van der Waals surface area contributed by atoms with E-state index in [0.29, 0.717) is 12.0 Å². The summed E-state index contributed by atoms with van der Waals surface area (Å²) in [5, 5.41) is 10.3. The number of hydrogen-bond donors (Lipinski definition) is 2. The molecule has 1 aliphatic rings. The van der Waals surface area contributed by atoms with Gasteiger partial charge in [-0.3, -0.25) is 4.99 Å². The Bertz CT molecular complexity index is 453. The second-order valence-electron chi connectivity index (χ2n) is 6.06. The summed E-state index contributed by atoms with van der Waals surface area (Å²) in [6.07, 6.45) is 7.55. The molecule has 1 aromatic rings. The molecule has 0 radical (unpaired) electrons. The van der Waals surface area contributed by atoms with E-state index in [1.165, 1.54) is 42.8 Å². The summed E-state index contributed by atoms with van der Waals surface area (Å²) >= 11 is 1.77. The second-order valence-corrected chi connectivity index (χ2v) is 6.95. The fourth-order valence-electron chi connectivity index (χ4n) is 2.65. The molecule has 1 fully saturated rings. The first kappa shape index (κ1) is 19.7. The van der Waals surface area contributed by atoms with Gasteiger partial charge in [-0.25, -0.2) is 4.98 Å². The highest BCUT2D eigenvalue weighted by molar-refractivity contribution is 14.0. The van der Waals surface area contributed by atoms with E-state index in [1.54, 1.807) is 11.3 Å². The highest BCUT2D eigenvalue weighted by Crippen LogP contribution is 2.19. The van der Waals surface area contributed by atoms with E-state index >= 15 is 0 Å². The maximum atomic E-state index is 4.67. The number of guanidine groups is 1. The van der Waals surface area contributed by atoms with Gasteiger partial charge in [0.05, 0.1) is 10.7 Å². The molecule has 0 aliphatic heterocycles. The zero-order valence-electron chi connectivity index (χ0n) is 13.9. The molecule has 22 heavy (non-hydrogen) atoms. The Balaban J connectivity index is 0.00000242. The van der Waals surface area contributed by atoms with E-state index in [-0.39, 0.29) is 24.0 Å². The van der Waals surface area contributed by atoms with Gasteiger partial charge in [-0.05, 0) is 12.8 Å². The van der Waals surface area contributed by atoms with E-state index in [1.807, 2.05) is 7.05 Å². The van der Waals surface area contributed by atoms with Crippen molar-refractivity contribution in [3.05, 3.63) is 16.1 Å². The van der Waals surface area contributed by atoms with Gasteiger partial charge in [-0.2, -0.15) is 0 Å². The molecule has 1 aliphatic carbocycles. The van der Waals surface area contributed by atoms with Crippen LogP contribution in [0.25, 0.3) is 0 Å². The average Bonchev–Trinajstić information content (AvgIpc) is 2.96. The third-order valence-corrected chi connectivity index (χ3v) is 5.10. The molecule has 0 bridgehead atoms. The molecule has 0 spiro atoms. The molecule has 126 valence electrons. The minimum absolute atomic E-state index is 0. The summed E-state index contributed by atoms with van der Waals surface area (Å²) in [5.74, 6) is 1.46. The van der Waals surface area contributed by atoms with Crippen molar-refractivity contribution in [1.29, 1.82) is 0 Å². The molecule has 0 unspecified atom stereocenters. The lowest BCUT2D eigenvalue weighted by Crippen LogP contribution is -2.44. The first-order chi connectivity index (χ1) is 10.2. The standard InChI is InChI=1S/C16H28N4S.HI/c1-12(2)15-19-14(11-21-15)9-10-18-16(17-3)20-13-7-5-4-6-8-13;/h11-13H,4-10H2,1-3H3,(H2,17,18,20);1H. The molecule has 4 nitrogen and oxygen atoms in total. The van der Waals surface area contributed by atoms with Gasteiger partial charge in [0.1, 0.15) is 0 Å². The fourth-order valence-corrected chi connectivity index (χ4v) is 3.52. The number of hydrogen-bond acceptors (Lipinski definition) is 3. The van der Waals surface area contributed by atoms with E-state index in [2.05, 4.69) is 39.8 Å². The van der Waals surface area contributed by atoms with Crippen LogP contribution < -0.4 is 10.6 Å². The SMILES string of the molecule is CN=C(NCCc1csc(C(C)C)n1)NC1CCCCC1.I. The van der Waals surface area contributed by atoms with Crippen molar-refractivity contribution >= 4 is 41.3 Å². The topological polar surface area (TPSA) is 49.3 Å². The zero-order chi connectivity index (χ0) is 15.1. The van der Waals surface area contributed by atoms with E-state index in [0.717, 1.165) is 18.9 Å². The Labute approximate surface area is 155 Å². The monoisotopic (exact) mass is 436 g/mol. The summed E-state index contributed by atoms with van der Waals surface area (Å²) in [7, 11) is 1.85. The summed E-state index contributed by atoms with van der Waals surface area (Å²) in [5.41, 5.74) is 1.18. The lowest BCUT2D eigenvalue weighted by atomic mass is 9.96. The van der Waals surface area contributed by atoms with Crippen LogP contribution in [0.3, 0.4) is 0 Å². The number of aliphatic imine (C=N–C) groups is 1. The van der Waals surface area contributed by atoms with Crippen LogP contribution in [0.1, 0.15) is 62.6 Å². The Morgan fingerprint density at radius 2 is 2.09 bits per heavy atom. The van der Waals surface area contributed by atoms with Gasteiger partial charge < -0.3 is 10.6 Å². The van der Waals surface area contributed by atoms with Crippen LogP contribution in [0.4, 0.5) is 0 Å². The summed E-state index contributed by atoms with van der Waals surface area (Å²) in [6, 6.07) is 0.594. The predicted octanol–water partition coefficient (Wildman–Crippen LogP) is 3.92. The molecule has 0 amide bonds. The Morgan fingerprint density at radius 3 is 2.68 bits per heavy atom. The molecular formula is C16H29IN4S. The van der Waals surface area contributed by atoms with Crippen LogP contribution in [0.5, 0.6) is 0 Å². The predicted molar refractivity (Wildman–Crippen MR) is 107 cm³/mol. The number of nitrogens with one attached hydrogen (secondary N) is 2. The van der Waals surface area contributed by atoms with Crippen molar-refractivity contribution < 1.29 is 0 Å². The van der Waals surface area contributed by atoms with Crippen LogP contribution >= 0.6 is 35.3 Å². The molecule has 0 aromatic carbocycles. The lowest BCUT2D eigenvalue weighted by molar-refractivity contribution is 0.410. The van der Waals surface area contributed by atoms with Gasteiger partial charge in [0, 0.05) is 37.4 Å². The quantitative estimate of drug-likeness (QED) is 0.418. The maximum absolute atomic E-state index is 4.67. The van der Waals surface area contributed by atoms with Crippen molar-refractivity contribution in [2.24, 2.45) is 4.99 Å². The summed E-state index contributed by atoms with van der Waals surface area (Å²) in [4.78, 5) is 8.99. The maximum Gasteiger partial charge on any atom is 0.191 e. The largest absolute Gasteiger partial charge is 0.356 e. The Morgan fingerprint density at radius 1 is 1.36 bits per heavy atom. The lowest BCUT2D eigenvalue weighted by Gasteiger charge is -2.24. The molecule has 2 rings (SSSR count). The highest BCUT2D eigenvalue weighted by Gasteiger charge is 2.14. The smallest absolute Gasteiger partial charge is 0.191 e. The van der Waals surface area contributed by atoms with Crippen molar-refractivity contribution in [2.75, 3.05) is 13.6 Å². The van der Waals surface area contributed by atoms with Crippen LogP contribution in [-0.2, 0) is 6.42 Å². The van der Waals surface area contributed by atoms with Gasteiger partial charge in [0.25, 0.3) is 0 Å². The zero-order valence-corrected chi connectivity index (χ0v) is 17.0. The van der Waals surface area contributed by atoms with E-state index in [9.17, 15) is 0 Å². The van der Waals surface area contributed by atoms with Crippen LogP contribution in [-0.4, -0.2) is 30.6 Å². The van der Waals surface area contributed by atoms with Crippen LogP contribution in [0, 0.1) is 0 Å². The van der Waals surface area contributed by atoms with Gasteiger partial charge in [0.2, 0.25) is 0 Å². The van der Waals surface area contributed by atoms with E-state index in [4.69, 9.17) is 0 Å². The van der Waals surface area contributed by atoms with Gasteiger partial charge in [-0.15, -0.1) is 35.3 Å². The van der Waals surface area contributed by atoms with Crippen molar-refractivity contribution in [1.82, 2.24) is 15.6 Å². The third kappa shape index (κ3) is 6.40. The fraction of sp³-hybridized carbons (Fsp3) is 0.750. The van der Waals surface area contributed by atoms with Crippen molar-refractivity contribution in [3.63, 3.8) is 0 Å². The van der Waals surface area contributed by atoms with Gasteiger partial charge in [0.15, 0.2) is 5.96 Å². The molecule has 1 heterocycles. The molecule has 2 N–H and O–H groups in total. The number of thiazole rings is 1. The normalized spacial score (nSPS) is 16.5. The minimum Gasteiger partial charge on any atom is -0.356 e. The van der Waals surface area contributed by atoms with Crippen LogP contribution in [0.2, 0.25) is 0 Å². The number of aromatic nitrogens is 1. The first-order valence-electron chi connectivity index (χ1n) is 8.10. The molecule has 0 atom stereocenters. The van der Waals surface area contributed by atoms with Gasteiger partial charge >= 0.3 is 0 Å². The van der Waals surface area contributed by atoms with Crippen molar-refractivity contribution in [3.8, 4) is 0 Å². The molecule has 1 aromatic heterocycles. The number of rotatable bonds is 5.